The second-order valence-corrected chi connectivity index (χ2v) is 8.17. The fraction of sp³-hybridized carbons (Fsp3) is 0.500. The molecule has 0 saturated carbocycles. The van der Waals surface area contributed by atoms with Crippen LogP contribution in [0.25, 0.3) is 10.6 Å². The van der Waals surface area contributed by atoms with Crippen molar-refractivity contribution < 1.29 is 9.90 Å². The minimum Gasteiger partial charge on any atom is -0.396 e. The first kappa shape index (κ1) is 16.7. The second kappa shape index (κ2) is 6.54. The standard InChI is InChI=1S/C20H24N2O2S/c1-2-20(13-23)11-16-8-9-17(20)22(16)18(24)10-15-12-25-19(21-15)14-6-4-3-5-7-14/h3-7,12,16-17,23H,2,8-11,13H2,1H3/t16-,17+,20-/m0/s1. The lowest BCUT2D eigenvalue weighted by Crippen LogP contribution is -2.42. The molecular formula is C20H24N2O2S. The predicted octanol–water partition coefficient (Wildman–Crippen LogP) is 3.50. The van der Waals surface area contributed by atoms with Crippen molar-refractivity contribution in [3.63, 3.8) is 0 Å². The number of benzene rings is 1. The van der Waals surface area contributed by atoms with E-state index in [-0.39, 0.29) is 24.0 Å². The highest BCUT2D eigenvalue weighted by molar-refractivity contribution is 7.13. The van der Waals surface area contributed by atoms with Crippen LogP contribution in [0.5, 0.6) is 0 Å². The maximum absolute atomic E-state index is 12.9. The molecule has 3 heterocycles. The molecule has 1 amide bonds. The zero-order chi connectivity index (χ0) is 17.4. The third-order valence-corrected chi connectivity index (χ3v) is 7.00. The Balaban J connectivity index is 1.49. The smallest absolute Gasteiger partial charge is 0.229 e. The van der Waals surface area contributed by atoms with Crippen LogP contribution in [0.3, 0.4) is 0 Å². The van der Waals surface area contributed by atoms with Gasteiger partial charge in [0, 0.05) is 28.4 Å². The van der Waals surface area contributed by atoms with Crippen molar-refractivity contribution in [3.05, 3.63) is 41.4 Å². The number of carbonyl (C=O) groups is 1. The molecule has 2 saturated heterocycles. The molecule has 2 aliphatic heterocycles. The van der Waals surface area contributed by atoms with Crippen molar-refractivity contribution in [3.8, 4) is 10.6 Å². The second-order valence-electron chi connectivity index (χ2n) is 7.31. The van der Waals surface area contributed by atoms with E-state index in [2.05, 4.69) is 16.8 Å². The maximum Gasteiger partial charge on any atom is 0.229 e. The first-order chi connectivity index (χ1) is 12.2. The summed E-state index contributed by atoms with van der Waals surface area (Å²) in [5.74, 6) is 0.168. The molecule has 1 aromatic heterocycles. The molecule has 0 radical (unpaired) electrons. The average molecular weight is 356 g/mol. The summed E-state index contributed by atoms with van der Waals surface area (Å²) in [6.07, 6.45) is 4.34. The normalized spacial score (nSPS) is 27.8. The monoisotopic (exact) mass is 356 g/mol. The molecule has 0 spiro atoms. The third-order valence-electron chi connectivity index (χ3n) is 6.06. The van der Waals surface area contributed by atoms with Gasteiger partial charge >= 0.3 is 0 Å². The van der Waals surface area contributed by atoms with E-state index in [4.69, 9.17) is 0 Å². The number of nitrogens with zero attached hydrogens (tertiary/aromatic N) is 2. The fourth-order valence-corrected chi connectivity index (χ4v) is 5.50. The number of rotatable bonds is 5. The number of amides is 1. The van der Waals surface area contributed by atoms with E-state index in [9.17, 15) is 9.90 Å². The fourth-order valence-electron chi connectivity index (χ4n) is 4.68. The van der Waals surface area contributed by atoms with Gasteiger partial charge in [-0.25, -0.2) is 4.98 Å². The van der Waals surface area contributed by atoms with Gasteiger partial charge < -0.3 is 10.0 Å². The predicted molar refractivity (Wildman–Crippen MR) is 99.3 cm³/mol. The van der Waals surface area contributed by atoms with Gasteiger partial charge in [-0.3, -0.25) is 4.79 Å². The third kappa shape index (κ3) is 2.79. The van der Waals surface area contributed by atoms with Gasteiger partial charge in [0.1, 0.15) is 5.01 Å². The summed E-state index contributed by atoms with van der Waals surface area (Å²) in [5.41, 5.74) is 1.86. The van der Waals surface area contributed by atoms with E-state index in [1.807, 2.05) is 35.7 Å². The van der Waals surface area contributed by atoms with Crippen LogP contribution >= 0.6 is 11.3 Å². The Labute approximate surface area is 152 Å². The minimum atomic E-state index is -0.0875. The SMILES string of the molecule is CC[C@@]1(CO)C[C@@H]2CC[C@H]1N2C(=O)Cc1csc(-c2ccccc2)n1. The Morgan fingerprint density at radius 2 is 2.16 bits per heavy atom. The lowest BCUT2D eigenvalue weighted by Gasteiger charge is -2.34. The first-order valence-corrected chi connectivity index (χ1v) is 9.96. The van der Waals surface area contributed by atoms with E-state index in [1.165, 1.54) is 0 Å². The van der Waals surface area contributed by atoms with Crippen molar-refractivity contribution in [1.82, 2.24) is 9.88 Å². The summed E-state index contributed by atoms with van der Waals surface area (Å²) in [5, 5.41) is 12.9. The summed E-state index contributed by atoms with van der Waals surface area (Å²) in [6, 6.07) is 10.6. The Bertz CT molecular complexity index is 754. The average Bonchev–Trinajstić information content (AvgIpc) is 3.35. The molecule has 0 aliphatic carbocycles. The van der Waals surface area contributed by atoms with Gasteiger partial charge in [0.05, 0.1) is 18.7 Å². The molecular weight excluding hydrogens is 332 g/mol. The molecule has 4 nitrogen and oxygen atoms in total. The molecule has 3 atom stereocenters. The van der Waals surface area contributed by atoms with Crippen molar-refractivity contribution in [2.75, 3.05) is 6.61 Å². The number of hydrogen-bond acceptors (Lipinski definition) is 4. The summed E-state index contributed by atoms with van der Waals surface area (Å²) in [6.45, 7) is 2.31. The van der Waals surface area contributed by atoms with Crippen molar-refractivity contribution in [2.45, 2.75) is 51.1 Å². The van der Waals surface area contributed by atoms with Gasteiger partial charge in [-0.05, 0) is 25.7 Å². The van der Waals surface area contributed by atoms with Crippen LogP contribution < -0.4 is 0 Å². The Morgan fingerprint density at radius 3 is 2.84 bits per heavy atom. The van der Waals surface area contributed by atoms with Crippen LogP contribution in [0, 0.1) is 5.41 Å². The Kier molecular flexibility index (Phi) is 4.38. The van der Waals surface area contributed by atoms with Gasteiger partial charge in [-0.2, -0.15) is 0 Å². The molecule has 132 valence electrons. The highest BCUT2D eigenvalue weighted by Crippen LogP contribution is 2.51. The van der Waals surface area contributed by atoms with Gasteiger partial charge in [-0.15, -0.1) is 11.3 Å². The molecule has 4 rings (SSSR count). The first-order valence-electron chi connectivity index (χ1n) is 9.09. The van der Waals surface area contributed by atoms with Gasteiger partial charge in [0.25, 0.3) is 0 Å². The molecule has 25 heavy (non-hydrogen) atoms. The van der Waals surface area contributed by atoms with Crippen molar-refractivity contribution in [2.24, 2.45) is 5.41 Å². The molecule has 1 aromatic carbocycles. The van der Waals surface area contributed by atoms with E-state index in [1.54, 1.807) is 11.3 Å². The summed E-state index contributed by atoms with van der Waals surface area (Å²) in [7, 11) is 0. The van der Waals surface area contributed by atoms with Gasteiger partial charge in [0.2, 0.25) is 5.91 Å². The van der Waals surface area contributed by atoms with Crippen LogP contribution in [0.2, 0.25) is 0 Å². The minimum absolute atomic E-state index is 0.0875. The largest absolute Gasteiger partial charge is 0.396 e. The van der Waals surface area contributed by atoms with Gasteiger partial charge in [0.15, 0.2) is 0 Å². The molecule has 5 heteroatoms. The molecule has 2 aliphatic rings. The topological polar surface area (TPSA) is 53.4 Å². The molecule has 2 aromatic rings. The summed E-state index contributed by atoms with van der Waals surface area (Å²) >= 11 is 1.59. The number of carbonyl (C=O) groups excluding carboxylic acids is 1. The molecule has 0 unspecified atom stereocenters. The van der Waals surface area contributed by atoms with Crippen LogP contribution in [0.1, 0.15) is 38.3 Å². The summed E-state index contributed by atoms with van der Waals surface area (Å²) < 4.78 is 0. The van der Waals surface area contributed by atoms with Crippen molar-refractivity contribution >= 4 is 17.2 Å². The van der Waals surface area contributed by atoms with Crippen LogP contribution in [0.4, 0.5) is 0 Å². The number of aromatic nitrogens is 1. The Morgan fingerprint density at radius 1 is 1.36 bits per heavy atom. The molecule has 2 fully saturated rings. The lowest BCUT2D eigenvalue weighted by molar-refractivity contribution is -0.132. The zero-order valence-corrected chi connectivity index (χ0v) is 15.3. The van der Waals surface area contributed by atoms with Gasteiger partial charge in [-0.1, -0.05) is 37.3 Å². The number of fused-ring (bicyclic) bond motifs is 2. The number of aliphatic hydroxyl groups is 1. The van der Waals surface area contributed by atoms with E-state index >= 15 is 0 Å². The molecule has 2 bridgehead atoms. The van der Waals surface area contributed by atoms with Crippen LogP contribution in [0.15, 0.2) is 35.7 Å². The number of hydrogen-bond donors (Lipinski definition) is 1. The zero-order valence-electron chi connectivity index (χ0n) is 14.5. The number of thiazole rings is 1. The highest BCUT2D eigenvalue weighted by atomic mass is 32.1. The highest BCUT2D eigenvalue weighted by Gasteiger charge is 2.56. The van der Waals surface area contributed by atoms with Crippen molar-refractivity contribution in [1.29, 1.82) is 0 Å². The van der Waals surface area contributed by atoms with Crippen LogP contribution in [-0.4, -0.2) is 39.6 Å². The molecule has 1 N–H and O–H groups in total. The Hall–Kier alpha value is -1.72. The maximum atomic E-state index is 12.9. The van der Waals surface area contributed by atoms with E-state index in [0.717, 1.165) is 41.9 Å². The number of aliphatic hydroxyl groups excluding tert-OH is 1. The quantitative estimate of drug-likeness (QED) is 0.892. The van der Waals surface area contributed by atoms with E-state index in [0.29, 0.717) is 12.5 Å². The lowest BCUT2D eigenvalue weighted by atomic mass is 9.72. The van der Waals surface area contributed by atoms with E-state index < -0.39 is 0 Å². The van der Waals surface area contributed by atoms with Crippen LogP contribution in [-0.2, 0) is 11.2 Å². The summed E-state index contributed by atoms with van der Waals surface area (Å²) in [4.78, 5) is 19.7.